The molecule has 0 bridgehead atoms. The number of aromatic hydroxyl groups is 1. The van der Waals surface area contributed by atoms with E-state index in [1.807, 2.05) is 0 Å². The third-order valence-corrected chi connectivity index (χ3v) is 6.23. The van der Waals surface area contributed by atoms with E-state index in [9.17, 15) is 27.5 Å². The molecule has 33 heavy (non-hydrogen) atoms. The number of benzene rings is 3. The molecule has 5 rings (SSSR count). The van der Waals surface area contributed by atoms with Gasteiger partial charge >= 0.3 is 6.29 Å². The molecule has 1 N–H and O–H groups in total. The molecule has 0 spiro atoms. The molecular weight excluding hydrogens is 440 g/mol. The maximum absolute atomic E-state index is 13.9. The molecule has 4 nitrogen and oxygen atoms in total. The fourth-order valence-corrected chi connectivity index (χ4v) is 4.27. The van der Waals surface area contributed by atoms with Gasteiger partial charge in [-0.15, -0.1) is 8.78 Å². The van der Waals surface area contributed by atoms with Crippen LogP contribution in [0, 0.1) is 18.6 Å². The lowest BCUT2D eigenvalue weighted by Gasteiger charge is -2.16. The summed E-state index contributed by atoms with van der Waals surface area (Å²) in [6, 6.07) is 11.7. The molecule has 0 amide bonds. The Kier molecular flexibility index (Phi) is 4.67. The molecule has 0 saturated heterocycles. The molecule has 0 atom stereocenters. The Hall–Kier alpha value is -3.55. The molecule has 1 fully saturated rings. The Morgan fingerprint density at radius 2 is 1.64 bits per heavy atom. The van der Waals surface area contributed by atoms with E-state index in [1.54, 1.807) is 31.2 Å². The van der Waals surface area contributed by atoms with Crippen molar-refractivity contribution in [3.05, 3.63) is 76.9 Å². The average molecular weight is 458 g/mol. The summed E-state index contributed by atoms with van der Waals surface area (Å²) in [5, 5.41) is 9.36. The van der Waals surface area contributed by atoms with Gasteiger partial charge in [0.1, 0.15) is 5.78 Å². The number of rotatable bonds is 5. The molecule has 1 saturated carbocycles. The first-order valence-corrected chi connectivity index (χ1v) is 10.3. The van der Waals surface area contributed by atoms with Crippen LogP contribution in [0.2, 0.25) is 0 Å². The maximum Gasteiger partial charge on any atom is 0.586 e. The van der Waals surface area contributed by atoms with Crippen LogP contribution < -0.4 is 9.47 Å². The topological polar surface area (TPSA) is 55.8 Å². The lowest BCUT2D eigenvalue weighted by atomic mass is 9.87. The van der Waals surface area contributed by atoms with Crippen LogP contribution in [-0.4, -0.2) is 17.2 Å². The largest absolute Gasteiger partial charge is 0.586 e. The van der Waals surface area contributed by atoms with Crippen LogP contribution in [-0.2, 0) is 16.6 Å². The maximum atomic E-state index is 13.9. The Bertz CT molecular complexity index is 1270. The molecule has 0 unspecified atom stereocenters. The zero-order valence-corrected chi connectivity index (χ0v) is 17.4. The van der Waals surface area contributed by atoms with Gasteiger partial charge in [-0.05, 0) is 71.8 Å². The van der Waals surface area contributed by atoms with E-state index in [4.69, 9.17) is 0 Å². The van der Waals surface area contributed by atoms with Crippen LogP contribution in [0.3, 0.4) is 0 Å². The van der Waals surface area contributed by atoms with Crippen LogP contribution in [0.5, 0.6) is 17.2 Å². The van der Waals surface area contributed by atoms with Gasteiger partial charge in [0.05, 0.1) is 5.41 Å². The number of hydrogen-bond acceptors (Lipinski definition) is 4. The Morgan fingerprint density at radius 3 is 2.30 bits per heavy atom. The SMILES string of the molecule is Cc1ccc(CC(=O)C2(c3ccc4c(c3)OC(F)(F)O4)CC2)cc1-c1cc(F)c(O)c(F)c1. The minimum absolute atomic E-state index is 0.0565. The zero-order valence-electron chi connectivity index (χ0n) is 17.4. The number of aryl methyl sites for hydroxylation is 1. The van der Waals surface area contributed by atoms with Gasteiger partial charge in [-0.2, -0.15) is 0 Å². The highest BCUT2D eigenvalue weighted by Gasteiger charge is 2.52. The van der Waals surface area contributed by atoms with Crippen LogP contribution in [0.1, 0.15) is 29.5 Å². The van der Waals surface area contributed by atoms with Gasteiger partial charge in [0.25, 0.3) is 0 Å². The molecule has 8 heteroatoms. The van der Waals surface area contributed by atoms with Gasteiger partial charge in [-0.3, -0.25) is 4.79 Å². The third-order valence-electron chi connectivity index (χ3n) is 6.23. The van der Waals surface area contributed by atoms with Crippen LogP contribution in [0.25, 0.3) is 11.1 Å². The minimum atomic E-state index is -3.73. The lowest BCUT2D eigenvalue weighted by Crippen LogP contribution is -2.26. The van der Waals surface area contributed by atoms with Crippen LogP contribution in [0.4, 0.5) is 17.6 Å². The monoisotopic (exact) mass is 458 g/mol. The molecule has 2 aliphatic rings. The van der Waals surface area contributed by atoms with Gasteiger partial charge < -0.3 is 14.6 Å². The summed E-state index contributed by atoms with van der Waals surface area (Å²) >= 11 is 0. The Balaban J connectivity index is 1.42. The molecule has 3 aromatic carbocycles. The minimum Gasteiger partial charge on any atom is -0.503 e. The first-order valence-electron chi connectivity index (χ1n) is 10.3. The van der Waals surface area contributed by atoms with Gasteiger partial charge in [0, 0.05) is 6.42 Å². The second-order valence-electron chi connectivity index (χ2n) is 8.45. The normalized spacial score (nSPS) is 17.1. The van der Waals surface area contributed by atoms with E-state index < -0.39 is 29.1 Å². The summed E-state index contributed by atoms with van der Waals surface area (Å²) < 4.78 is 63.3. The predicted molar refractivity (Wildman–Crippen MR) is 110 cm³/mol. The van der Waals surface area contributed by atoms with E-state index in [0.29, 0.717) is 29.5 Å². The number of ketones is 1. The van der Waals surface area contributed by atoms with Crippen molar-refractivity contribution in [1.29, 1.82) is 0 Å². The van der Waals surface area contributed by atoms with Crippen molar-refractivity contribution in [3.8, 4) is 28.4 Å². The molecule has 170 valence electrons. The highest BCUT2D eigenvalue weighted by atomic mass is 19.3. The fourth-order valence-electron chi connectivity index (χ4n) is 4.27. The van der Waals surface area contributed by atoms with Gasteiger partial charge in [0.15, 0.2) is 28.9 Å². The Morgan fingerprint density at radius 1 is 0.970 bits per heavy atom. The Labute approximate surface area is 186 Å². The summed E-state index contributed by atoms with van der Waals surface area (Å²) in [7, 11) is 0. The van der Waals surface area contributed by atoms with Crippen molar-refractivity contribution in [1.82, 2.24) is 0 Å². The van der Waals surface area contributed by atoms with Gasteiger partial charge in [-0.1, -0.05) is 24.3 Å². The molecule has 1 aliphatic heterocycles. The van der Waals surface area contributed by atoms with Gasteiger partial charge in [-0.25, -0.2) is 8.78 Å². The van der Waals surface area contributed by atoms with E-state index in [2.05, 4.69) is 9.47 Å². The number of alkyl halides is 2. The van der Waals surface area contributed by atoms with E-state index in [1.165, 1.54) is 12.1 Å². The number of halogens is 4. The first-order chi connectivity index (χ1) is 15.6. The molecule has 1 aliphatic carbocycles. The summed E-state index contributed by atoms with van der Waals surface area (Å²) in [4.78, 5) is 13.2. The summed E-state index contributed by atoms with van der Waals surface area (Å²) in [6.07, 6.45) is -2.52. The van der Waals surface area contributed by atoms with Crippen molar-refractivity contribution in [2.75, 3.05) is 0 Å². The second kappa shape index (κ2) is 7.23. The second-order valence-corrected chi connectivity index (χ2v) is 8.45. The summed E-state index contributed by atoms with van der Waals surface area (Å²) in [6.45, 7) is 1.77. The van der Waals surface area contributed by atoms with Crippen molar-refractivity contribution >= 4 is 5.78 Å². The first kappa shape index (κ1) is 21.3. The van der Waals surface area contributed by atoms with Crippen molar-refractivity contribution in [2.45, 2.75) is 37.9 Å². The van der Waals surface area contributed by atoms with E-state index in [-0.39, 0.29) is 29.3 Å². The molecular formula is C25H18F4O4. The van der Waals surface area contributed by atoms with Crippen molar-refractivity contribution in [3.63, 3.8) is 0 Å². The summed E-state index contributed by atoms with van der Waals surface area (Å²) in [5.41, 5.74) is 1.96. The summed E-state index contributed by atoms with van der Waals surface area (Å²) in [5.74, 6) is -3.47. The lowest BCUT2D eigenvalue weighted by molar-refractivity contribution is -0.286. The molecule has 0 aromatic heterocycles. The number of phenols is 1. The average Bonchev–Trinajstić information content (AvgIpc) is 3.50. The number of phenolic OH excluding ortho intramolecular Hbond substituents is 1. The smallest absolute Gasteiger partial charge is 0.503 e. The highest BCUT2D eigenvalue weighted by Crippen LogP contribution is 2.52. The zero-order chi connectivity index (χ0) is 23.5. The predicted octanol–water partition coefficient (Wildman–Crippen LogP) is 5.81. The molecule has 0 radical (unpaired) electrons. The van der Waals surface area contributed by atoms with Crippen molar-refractivity contribution < 1.29 is 36.9 Å². The number of fused-ring (bicyclic) bond motifs is 1. The van der Waals surface area contributed by atoms with E-state index in [0.717, 1.165) is 17.7 Å². The molecule has 3 aromatic rings. The third kappa shape index (κ3) is 3.69. The number of carbonyl (C=O) groups excluding carboxylic acids is 1. The van der Waals surface area contributed by atoms with Crippen LogP contribution >= 0.6 is 0 Å². The fraction of sp³-hybridized carbons (Fsp3) is 0.240. The number of ether oxygens (including phenoxy) is 2. The van der Waals surface area contributed by atoms with Crippen LogP contribution in [0.15, 0.2) is 48.5 Å². The van der Waals surface area contributed by atoms with Crippen molar-refractivity contribution in [2.24, 2.45) is 0 Å². The quantitative estimate of drug-likeness (QED) is 0.491. The van der Waals surface area contributed by atoms with E-state index >= 15 is 0 Å². The molecule has 1 heterocycles. The highest BCUT2D eigenvalue weighted by molar-refractivity contribution is 5.95. The number of hydrogen-bond donors (Lipinski definition) is 1. The number of carbonyl (C=O) groups is 1. The standard InChI is InChI=1S/C25H18F4O4/c1-13-2-3-14(8-17(13)15-10-18(26)23(31)19(27)11-15)9-22(30)24(6-7-24)16-4-5-20-21(12-16)33-25(28,29)32-20/h2-5,8,10-12,31H,6-7,9H2,1H3. The number of Topliss-reactive ketones (excluding diaryl/α,β-unsaturated/α-hetero) is 1. The van der Waals surface area contributed by atoms with Gasteiger partial charge in [0.2, 0.25) is 0 Å².